The molecular formula is C59H37N5. The third-order valence-corrected chi connectivity index (χ3v) is 12.7. The summed E-state index contributed by atoms with van der Waals surface area (Å²) in [5.41, 5.74) is 11.9. The van der Waals surface area contributed by atoms with Crippen LogP contribution >= 0.6 is 0 Å². The van der Waals surface area contributed by atoms with Gasteiger partial charge in [0.1, 0.15) is 0 Å². The van der Waals surface area contributed by atoms with Crippen LogP contribution in [0.4, 0.5) is 0 Å². The van der Waals surface area contributed by atoms with E-state index in [1.54, 1.807) is 0 Å². The molecule has 0 aliphatic carbocycles. The maximum atomic E-state index is 5.22. The fraction of sp³-hybridized carbons (Fsp3) is 0. The molecule has 13 rings (SSSR count). The SMILES string of the molecule is c1ccc(-c2ccc(-n3c4cc5c(cc4c4c6ccccc6ccc43)c3ccccc3n5-c3cc(-c4nc(-c5ccccc5)nc(-c5ccccc5)n4)c4ccccc4c3)cc2)cc1. The highest BCUT2D eigenvalue weighted by Gasteiger charge is 2.22. The Morgan fingerprint density at radius 2 is 0.797 bits per heavy atom. The molecule has 0 amide bonds. The summed E-state index contributed by atoms with van der Waals surface area (Å²) < 4.78 is 4.87. The van der Waals surface area contributed by atoms with Crippen molar-refractivity contribution in [1.82, 2.24) is 24.1 Å². The van der Waals surface area contributed by atoms with E-state index in [1.165, 1.54) is 49.0 Å². The summed E-state index contributed by atoms with van der Waals surface area (Å²) in [5, 5.41) is 9.51. The van der Waals surface area contributed by atoms with Crippen LogP contribution in [0.2, 0.25) is 0 Å². The fourth-order valence-corrected chi connectivity index (χ4v) is 9.78. The number of aromatic nitrogens is 5. The van der Waals surface area contributed by atoms with Gasteiger partial charge < -0.3 is 9.13 Å². The molecule has 0 aliphatic rings. The van der Waals surface area contributed by atoms with Gasteiger partial charge in [-0.2, -0.15) is 0 Å². The molecule has 3 heterocycles. The lowest BCUT2D eigenvalue weighted by molar-refractivity contribution is 1.07. The highest BCUT2D eigenvalue weighted by atomic mass is 15.0. The Kier molecular flexibility index (Phi) is 8.15. The lowest BCUT2D eigenvalue weighted by atomic mass is 10.0. The molecule has 0 saturated carbocycles. The molecule has 13 aromatic rings. The van der Waals surface area contributed by atoms with Crippen LogP contribution in [0, 0.1) is 0 Å². The Bertz CT molecular complexity index is 3870. The minimum absolute atomic E-state index is 0.625. The normalized spacial score (nSPS) is 11.8. The van der Waals surface area contributed by atoms with E-state index in [1.807, 2.05) is 36.4 Å². The summed E-state index contributed by atoms with van der Waals surface area (Å²) in [7, 11) is 0. The average molecular weight is 816 g/mol. The Balaban J connectivity index is 1.10. The second-order valence-corrected chi connectivity index (χ2v) is 16.4. The topological polar surface area (TPSA) is 48.5 Å². The Labute approximate surface area is 368 Å². The third-order valence-electron chi connectivity index (χ3n) is 12.7. The van der Waals surface area contributed by atoms with Gasteiger partial charge in [-0.05, 0) is 81.2 Å². The first-order valence-electron chi connectivity index (χ1n) is 21.7. The smallest absolute Gasteiger partial charge is 0.164 e. The van der Waals surface area contributed by atoms with Crippen molar-refractivity contribution < 1.29 is 0 Å². The first-order valence-corrected chi connectivity index (χ1v) is 21.7. The molecule has 5 nitrogen and oxygen atoms in total. The molecule has 0 unspecified atom stereocenters. The minimum atomic E-state index is 0.625. The molecule has 10 aromatic carbocycles. The zero-order chi connectivity index (χ0) is 42.1. The quantitative estimate of drug-likeness (QED) is 0.168. The third kappa shape index (κ3) is 5.75. The van der Waals surface area contributed by atoms with Gasteiger partial charge in [0, 0.05) is 49.6 Å². The molecule has 298 valence electrons. The molecule has 0 spiro atoms. The molecule has 0 fully saturated rings. The molecule has 5 heteroatoms. The van der Waals surface area contributed by atoms with Crippen molar-refractivity contribution >= 4 is 65.2 Å². The van der Waals surface area contributed by atoms with E-state index in [2.05, 4.69) is 197 Å². The van der Waals surface area contributed by atoms with Gasteiger partial charge in [-0.25, -0.2) is 15.0 Å². The second kappa shape index (κ2) is 14.5. The average Bonchev–Trinajstić information content (AvgIpc) is 3.88. The van der Waals surface area contributed by atoms with Crippen molar-refractivity contribution in [3.63, 3.8) is 0 Å². The van der Waals surface area contributed by atoms with Crippen molar-refractivity contribution in [3.8, 4) is 56.7 Å². The number of benzene rings is 10. The standard InChI is InChI=1S/C59H37N5/c1-4-16-38(17-5-1)39-28-31-44(32-29-39)63-53-33-30-40-18-10-13-25-47(40)56(53)51-36-49-48-26-14-15-27-52(48)64(54(49)37-55(51)63)45-34-43-23-11-12-24-46(43)50(35-45)59-61-57(41-19-6-2-7-20-41)60-58(62-59)42-21-8-3-9-22-42/h1-37H. The molecule has 3 aromatic heterocycles. The molecule has 0 aliphatic heterocycles. The van der Waals surface area contributed by atoms with E-state index < -0.39 is 0 Å². The lowest BCUT2D eigenvalue weighted by Crippen LogP contribution is -2.02. The van der Waals surface area contributed by atoms with Crippen LogP contribution in [0.1, 0.15) is 0 Å². The zero-order valence-corrected chi connectivity index (χ0v) is 34.6. The van der Waals surface area contributed by atoms with Crippen molar-refractivity contribution in [2.24, 2.45) is 0 Å². The second-order valence-electron chi connectivity index (χ2n) is 16.4. The lowest BCUT2D eigenvalue weighted by Gasteiger charge is -2.15. The van der Waals surface area contributed by atoms with Crippen molar-refractivity contribution in [2.75, 3.05) is 0 Å². The van der Waals surface area contributed by atoms with E-state index in [0.717, 1.165) is 55.4 Å². The van der Waals surface area contributed by atoms with E-state index in [-0.39, 0.29) is 0 Å². The maximum absolute atomic E-state index is 5.22. The van der Waals surface area contributed by atoms with Crippen LogP contribution in [-0.4, -0.2) is 24.1 Å². The van der Waals surface area contributed by atoms with Crippen molar-refractivity contribution in [3.05, 3.63) is 224 Å². The van der Waals surface area contributed by atoms with Crippen LogP contribution in [0.15, 0.2) is 224 Å². The van der Waals surface area contributed by atoms with Crippen LogP contribution in [0.25, 0.3) is 122 Å². The number of hydrogen-bond donors (Lipinski definition) is 0. The number of nitrogens with zero attached hydrogens (tertiary/aromatic N) is 5. The van der Waals surface area contributed by atoms with Gasteiger partial charge in [-0.15, -0.1) is 0 Å². The summed E-state index contributed by atoms with van der Waals surface area (Å²) in [6.45, 7) is 0. The van der Waals surface area contributed by atoms with Gasteiger partial charge in [-0.3, -0.25) is 0 Å². The first kappa shape index (κ1) is 36.0. The summed E-state index contributed by atoms with van der Waals surface area (Å²) in [6.07, 6.45) is 0. The van der Waals surface area contributed by atoms with Gasteiger partial charge >= 0.3 is 0 Å². The summed E-state index contributed by atoms with van der Waals surface area (Å²) in [5.74, 6) is 1.89. The first-order chi connectivity index (χ1) is 31.7. The van der Waals surface area contributed by atoms with E-state index in [9.17, 15) is 0 Å². The fourth-order valence-electron chi connectivity index (χ4n) is 9.78. The Morgan fingerprint density at radius 1 is 0.266 bits per heavy atom. The highest BCUT2D eigenvalue weighted by Crippen LogP contribution is 2.43. The summed E-state index contributed by atoms with van der Waals surface area (Å²) in [4.78, 5) is 15.5. The predicted molar refractivity (Wildman–Crippen MR) is 265 cm³/mol. The molecule has 0 bridgehead atoms. The van der Waals surface area contributed by atoms with E-state index in [4.69, 9.17) is 15.0 Å². The highest BCUT2D eigenvalue weighted by molar-refractivity contribution is 6.25. The van der Waals surface area contributed by atoms with Crippen molar-refractivity contribution in [2.45, 2.75) is 0 Å². The van der Waals surface area contributed by atoms with Gasteiger partial charge in [0.25, 0.3) is 0 Å². The van der Waals surface area contributed by atoms with E-state index in [0.29, 0.717) is 17.5 Å². The van der Waals surface area contributed by atoms with Crippen LogP contribution < -0.4 is 0 Å². The Hall–Kier alpha value is -8.67. The summed E-state index contributed by atoms with van der Waals surface area (Å²) in [6, 6.07) is 80.0. The number of hydrogen-bond acceptors (Lipinski definition) is 3. The largest absolute Gasteiger partial charge is 0.309 e. The van der Waals surface area contributed by atoms with Crippen LogP contribution in [0.3, 0.4) is 0 Å². The summed E-state index contributed by atoms with van der Waals surface area (Å²) >= 11 is 0. The Morgan fingerprint density at radius 3 is 1.50 bits per heavy atom. The molecule has 0 radical (unpaired) electrons. The van der Waals surface area contributed by atoms with Gasteiger partial charge in [0.2, 0.25) is 0 Å². The van der Waals surface area contributed by atoms with Gasteiger partial charge in [-0.1, -0.05) is 176 Å². The maximum Gasteiger partial charge on any atom is 0.164 e. The molecule has 0 N–H and O–H groups in total. The van der Waals surface area contributed by atoms with Gasteiger partial charge in [0.05, 0.1) is 22.1 Å². The van der Waals surface area contributed by atoms with E-state index >= 15 is 0 Å². The monoisotopic (exact) mass is 815 g/mol. The minimum Gasteiger partial charge on any atom is -0.309 e. The number of rotatable bonds is 6. The van der Waals surface area contributed by atoms with Gasteiger partial charge in [0.15, 0.2) is 17.5 Å². The molecule has 0 saturated heterocycles. The van der Waals surface area contributed by atoms with Crippen LogP contribution in [0.5, 0.6) is 0 Å². The number of para-hydroxylation sites is 1. The predicted octanol–water partition coefficient (Wildman–Crippen LogP) is 15.0. The zero-order valence-electron chi connectivity index (χ0n) is 34.6. The molecular weight excluding hydrogens is 779 g/mol. The molecule has 64 heavy (non-hydrogen) atoms. The number of fused-ring (bicyclic) bond motifs is 9. The molecule has 0 atom stereocenters. The van der Waals surface area contributed by atoms with Crippen LogP contribution in [-0.2, 0) is 0 Å². The van der Waals surface area contributed by atoms with Crippen molar-refractivity contribution in [1.29, 1.82) is 0 Å².